The standard InChI is InChI=1S/C31H30IN/c1-30(2,3)21-13-11-19(12-14-21)26-25-17-22(31(4,5)6)15-16-24(25)27-23-10-8-7-9-20(23)18-33-29(27)28(26)32/h7-18H,1-6H3. The Bertz CT molecular complexity index is 1510. The van der Waals surface area contributed by atoms with Crippen molar-refractivity contribution in [2.24, 2.45) is 0 Å². The second-order valence-corrected chi connectivity index (χ2v) is 12.2. The van der Waals surface area contributed by atoms with Gasteiger partial charge in [0, 0.05) is 26.1 Å². The van der Waals surface area contributed by atoms with Crippen LogP contribution in [0.2, 0.25) is 0 Å². The van der Waals surface area contributed by atoms with Crippen molar-refractivity contribution in [1.82, 2.24) is 4.98 Å². The molecule has 1 heterocycles. The average molecular weight is 543 g/mol. The summed E-state index contributed by atoms with van der Waals surface area (Å²) in [6.07, 6.45) is 2.02. The maximum Gasteiger partial charge on any atom is 0.0854 e. The Labute approximate surface area is 210 Å². The van der Waals surface area contributed by atoms with Crippen LogP contribution >= 0.6 is 22.6 Å². The van der Waals surface area contributed by atoms with Crippen LogP contribution in [0.15, 0.2) is 72.9 Å². The molecule has 5 aromatic rings. The molecule has 0 aliphatic heterocycles. The Hall–Kier alpha value is -2.46. The van der Waals surface area contributed by atoms with Gasteiger partial charge < -0.3 is 0 Å². The lowest BCUT2D eigenvalue weighted by atomic mass is 9.83. The molecule has 0 bridgehead atoms. The van der Waals surface area contributed by atoms with Crippen LogP contribution in [-0.4, -0.2) is 4.98 Å². The first-order chi connectivity index (χ1) is 15.6. The van der Waals surface area contributed by atoms with Crippen LogP contribution in [0.4, 0.5) is 0 Å². The number of benzene rings is 4. The van der Waals surface area contributed by atoms with Gasteiger partial charge in [-0.15, -0.1) is 0 Å². The van der Waals surface area contributed by atoms with E-state index in [4.69, 9.17) is 4.98 Å². The van der Waals surface area contributed by atoms with E-state index < -0.39 is 0 Å². The van der Waals surface area contributed by atoms with Crippen LogP contribution in [-0.2, 0) is 10.8 Å². The molecule has 0 radical (unpaired) electrons. The highest BCUT2D eigenvalue weighted by atomic mass is 127. The first-order valence-corrected chi connectivity index (χ1v) is 12.7. The van der Waals surface area contributed by atoms with Gasteiger partial charge in [0.1, 0.15) is 0 Å². The molecule has 0 aliphatic rings. The van der Waals surface area contributed by atoms with Crippen molar-refractivity contribution in [3.8, 4) is 11.1 Å². The molecule has 1 aromatic heterocycles. The minimum Gasteiger partial charge on any atom is -0.254 e. The zero-order valence-electron chi connectivity index (χ0n) is 20.3. The molecule has 2 heteroatoms. The molecule has 0 spiro atoms. The highest BCUT2D eigenvalue weighted by molar-refractivity contribution is 14.1. The molecular formula is C31H30IN. The van der Waals surface area contributed by atoms with Gasteiger partial charge in [0.05, 0.1) is 5.52 Å². The summed E-state index contributed by atoms with van der Waals surface area (Å²) in [6, 6.07) is 24.8. The maximum absolute atomic E-state index is 4.97. The van der Waals surface area contributed by atoms with Gasteiger partial charge in [0.15, 0.2) is 0 Å². The fraction of sp³-hybridized carbons (Fsp3) is 0.258. The van der Waals surface area contributed by atoms with Gasteiger partial charge in [0.25, 0.3) is 0 Å². The summed E-state index contributed by atoms with van der Waals surface area (Å²) in [5, 5.41) is 6.29. The number of nitrogens with zero attached hydrogens (tertiary/aromatic N) is 1. The Kier molecular flexibility index (Phi) is 5.28. The minimum atomic E-state index is 0.0823. The van der Waals surface area contributed by atoms with Gasteiger partial charge in [-0.1, -0.05) is 102 Å². The Morgan fingerprint density at radius 3 is 1.97 bits per heavy atom. The zero-order chi connectivity index (χ0) is 23.5. The van der Waals surface area contributed by atoms with Crippen molar-refractivity contribution >= 4 is 55.0 Å². The Morgan fingerprint density at radius 1 is 0.667 bits per heavy atom. The molecule has 166 valence electrons. The van der Waals surface area contributed by atoms with Crippen LogP contribution in [0, 0.1) is 3.57 Å². The molecule has 33 heavy (non-hydrogen) atoms. The number of rotatable bonds is 1. The smallest absolute Gasteiger partial charge is 0.0854 e. The number of hydrogen-bond acceptors (Lipinski definition) is 1. The molecule has 0 atom stereocenters. The van der Waals surface area contributed by atoms with Crippen molar-refractivity contribution in [3.63, 3.8) is 0 Å². The summed E-state index contributed by atoms with van der Waals surface area (Å²) in [5.74, 6) is 0. The maximum atomic E-state index is 4.97. The topological polar surface area (TPSA) is 12.9 Å². The summed E-state index contributed by atoms with van der Waals surface area (Å²) in [7, 11) is 0. The summed E-state index contributed by atoms with van der Waals surface area (Å²) >= 11 is 2.52. The van der Waals surface area contributed by atoms with Gasteiger partial charge in [-0.25, -0.2) is 0 Å². The lowest BCUT2D eigenvalue weighted by Gasteiger charge is -2.23. The van der Waals surface area contributed by atoms with E-state index in [2.05, 4.69) is 131 Å². The lowest BCUT2D eigenvalue weighted by molar-refractivity contribution is 0.590. The van der Waals surface area contributed by atoms with Crippen molar-refractivity contribution in [1.29, 1.82) is 0 Å². The van der Waals surface area contributed by atoms with Crippen LogP contribution in [0.5, 0.6) is 0 Å². The summed E-state index contributed by atoms with van der Waals surface area (Å²) < 4.78 is 1.22. The van der Waals surface area contributed by atoms with E-state index in [9.17, 15) is 0 Å². The third kappa shape index (κ3) is 3.82. The second-order valence-electron chi connectivity index (χ2n) is 11.1. The second kappa shape index (κ2) is 7.80. The van der Waals surface area contributed by atoms with Crippen molar-refractivity contribution in [2.45, 2.75) is 52.4 Å². The number of hydrogen-bond donors (Lipinski definition) is 0. The van der Waals surface area contributed by atoms with E-state index in [1.807, 2.05) is 6.20 Å². The van der Waals surface area contributed by atoms with E-state index in [-0.39, 0.29) is 10.8 Å². The molecule has 0 saturated carbocycles. The molecule has 0 saturated heterocycles. The van der Waals surface area contributed by atoms with Crippen LogP contribution in [0.3, 0.4) is 0 Å². The Morgan fingerprint density at radius 2 is 1.30 bits per heavy atom. The number of aromatic nitrogens is 1. The average Bonchev–Trinajstić information content (AvgIpc) is 2.77. The molecule has 5 rings (SSSR count). The predicted octanol–water partition coefficient (Wildman–Crippen LogP) is 9.41. The van der Waals surface area contributed by atoms with Gasteiger partial charge in [-0.2, -0.15) is 0 Å². The molecule has 1 nitrogen and oxygen atoms in total. The third-order valence-electron chi connectivity index (χ3n) is 6.69. The molecule has 0 fully saturated rings. The van der Waals surface area contributed by atoms with Gasteiger partial charge in [0.2, 0.25) is 0 Å². The summed E-state index contributed by atoms with van der Waals surface area (Å²) in [5.41, 5.74) is 6.54. The quantitative estimate of drug-likeness (QED) is 0.152. The van der Waals surface area contributed by atoms with E-state index in [0.717, 1.165) is 5.52 Å². The normalized spacial score (nSPS) is 12.7. The predicted molar refractivity (Wildman–Crippen MR) is 152 cm³/mol. The SMILES string of the molecule is CC(C)(C)c1ccc(-c2c(I)c3ncc4ccccc4c3c3ccc(C(C)(C)C)cc23)cc1. The van der Waals surface area contributed by atoms with Gasteiger partial charge in [-0.05, 0) is 72.3 Å². The first kappa shape index (κ1) is 22.3. The molecule has 0 unspecified atom stereocenters. The van der Waals surface area contributed by atoms with Crippen LogP contribution in [0.1, 0.15) is 52.7 Å². The number of fused-ring (bicyclic) bond motifs is 5. The largest absolute Gasteiger partial charge is 0.254 e. The zero-order valence-corrected chi connectivity index (χ0v) is 22.4. The van der Waals surface area contributed by atoms with Gasteiger partial charge in [-0.3, -0.25) is 4.98 Å². The highest BCUT2D eigenvalue weighted by Crippen LogP contribution is 2.43. The van der Waals surface area contributed by atoms with E-state index in [1.165, 1.54) is 52.8 Å². The van der Waals surface area contributed by atoms with E-state index >= 15 is 0 Å². The molecule has 0 amide bonds. The summed E-state index contributed by atoms with van der Waals surface area (Å²) in [6.45, 7) is 13.7. The molecule has 0 aliphatic carbocycles. The third-order valence-corrected chi connectivity index (χ3v) is 7.74. The highest BCUT2D eigenvalue weighted by Gasteiger charge is 2.21. The van der Waals surface area contributed by atoms with Gasteiger partial charge >= 0.3 is 0 Å². The number of halogens is 1. The Balaban J connectivity index is 1.93. The summed E-state index contributed by atoms with van der Waals surface area (Å²) in [4.78, 5) is 4.97. The fourth-order valence-electron chi connectivity index (χ4n) is 4.69. The number of pyridine rings is 1. The molecule has 4 aromatic carbocycles. The van der Waals surface area contributed by atoms with E-state index in [1.54, 1.807) is 0 Å². The molecular weight excluding hydrogens is 513 g/mol. The monoisotopic (exact) mass is 543 g/mol. The van der Waals surface area contributed by atoms with Crippen LogP contribution < -0.4 is 0 Å². The van der Waals surface area contributed by atoms with E-state index in [0.29, 0.717) is 0 Å². The van der Waals surface area contributed by atoms with Crippen LogP contribution in [0.25, 0.3) is 43.6 Å². The lowest BCUT2D eigenvalue weighted by Crippen LogP contribution is -2.11. The molecule has 0 N–H and O–H groups in total. The van der Waals surface area contributed by atoms with Crippen molar-refractivity contribution < 1.29 is 0 Å². The van der Waals surface area contributed by atoms with Crippen molar-refractivity contribution in [2.75, 3.05) is 0 Å². The first-order valence-electron chi connectivity index (χ1n) is 11.6. The minimum absolute atomic E-state index is 0.0823. The van der Waals surface area contributed by atoms with Crippen molar-refractivity contribution in [3.05, 3.63) is 87.6 Å². The fourth-order valence-corrected chi connectivity index (χ4v) is 5.70.